The fourth-order valence-corrected chi connectivity index (χ4v) is 3.22. The van der Waals surface area contributed by atoms with Crippen LogP contribution in [0.25, 0.3) is 0 Å². The lowest BCUT2D eigenvalue weighted by atomic mass is 10.1. The Labute approximate surface area is 155 Å². The lowest BCUT2D eigenvalue weighted by Crippen LogP contribution is -2.32. The van der Waals surface area contributed by atoms with E-state index < -0.39 is 11.7 Å². The summed E-state index contributed by atoms with van der Waals surface area (Å²) in [6.45, 7) is 8.81. The van der Waals surface area contributed by atoms with Crippen LogP contribution >= 0.6 is 31.9 Å². The van der Waals surface area contributed by atoms with E-state index in [1.165, 1.54) is 5.56 Å². The number of carbonyl (C=O) groups is 1. The van der Waals surface area contributed by atoms with E-state index in [2.05, 4.69) is 55.5 Å². The Morgan fingerprint density at radius 1 is 1.26 bits per heavy atom. The number of amides is 1. The molecule has 0 aliphatic rings. The zero-order chi connectivity index (χ0) is 17.5. The van der Waals surface area contributed by atoms with Crippen molar-refractivity contribution in [3.8, 4) is 0 Å². The number of benzene rings is 1. The molecule has 128 valence electrons. The van der Waals surface area contributed by atoms with Gasteiger partial charge in [0.05, 0.1) is 0 Å². The first-order valence-corrected chi connectivity index (χ1v) is 9.08. The minimum atomic E-state index is -0.469. The maximum Gasteiger partial charge on any atom is 0.407 e. The maximum atomic E-state index is 11.5. The highest BCUT2D eigenvalue weighted by Crippen LogP contribution is 2.26. The Kier molecular flexibility index (Phi) is 8.29. The lowest BCUT2D eigenvalue weighted by Gasteiger charge is -2.19. The van der Waals surface area contributed by atoms with Gasteiger partial charge in [-0.1, -0.05) is 50.1 Å². The van der Waals surface area contributed by atoms with E-state index in [1.807, 2.05) is 45.1 Å². The largest absolute Gasteiger partial charge is 0.444 e. The van der Waals surface area contributed by atoms with Crippen LogP contribution in [0.3, 0.4) is 0 Å². The normalized spacial score (nSPS) is 13.1. The summed E-state index contributed by atoms with van der Waals surface area (Å²) < 4.78 is 7.28. The number of hydrogen-bond donors (Lipinski definition) is 2. The molecule has 1 unspecified atom stereocenters. The van der Waals surface area contributed by atoms with E-state index in [0.29, 0.717) is 6.54 Å². The van der Waals surface area contributed by atoms with Gasteiger partial charge < -0.3 is 15.4 Å². The maximum absolute atomic E-state index is 11.5. The van der Waals surface area contributed by atoms with Crippen molar-refractivity contribution in [1.29, 1.82) is 0 Å². The summed E-state index contributed by atoms with van der Waals surface area (Å²) in [7, 11) is 0. The summed E-state index contributed by atoms with van der Waals surface area (Å²) >= 11 is 7.02. The van der Waals surface area contributed by atoms with Gasteiger partial charge in [0.15, 0.2) is 0 Å². The van der Waals surface area contributed by atoms with Crippen LogP contribution < -0.4 is 10.6 Å². The quantitative estimate of drug-likeness (QED) is 0.607. The number of ether oxygens (including phenoxy) is 1. The second kappa shape index (κ2) is 9.45. The molecule has 1 atom stereocenters. The fraction of sp³-hybridized carbons (Fsp3) is 0.471. The van der Waals surface area contributed by atoms with Gasteiger partial charge in [0, 0.05) is 28.1 Å². The van der Waals surface area contributed by atoms with Gasteiger partial charge in [0.25, 0.3) is 0 Å². The van der Waals surface area contributed by atoms with Crippen molar-refractivity contribution >= 4 is 38.0 Å². The molecular formula is C17H24Br2N2O2. The van der Waals surface area contributed by atoms with Gasteiger partial charge in [0.2, 0.25) is 0 Å². The van der Waals surface area contributed by atoms with Crippen LogP contribution in [0, 0.1) is 0 Å². The van der Waals surface area contributed by atoms with Crippen molar-refractivity contribution in [3.63, 3.8) is 0 Å². The first kappa shape index (κ1) is 20.2. The number of nitrogens with one attached hydrogen (secondary N) is 2. The lowest BCUT2D eigenvalue weighted by molar-refractivity contribution is 0.0534. The molecule has 1 amide bonds. The van der Waals surface area contributed by atoms with E-state index in [9.17, 15) is 4.79 Å². The molecule has 4 nitrogen and oxygen atoms in total. The van der Waals surface area contributed by atoms with Crippen molar-refractivity contribution in [2.75, 3.05) is 13.1 Å². The van der Waals surface area contributed by atoms with Gasteiger partial charge in [-0.2, -0.15) is 0 Å². The minimum Gasteiger partial charge on any atom is -0.444 e. The molecular weight excluding hydrogens is 424 g/mol. The Morgan fingerprint density at radius 3 is 2.52 bits per heavy atom. The Balaban J connectivity index is 2.29. The highest BCUT2D eigenvalue weighted by molar-refractivity contribution is 9.11. The van der Waals surface area contributed by atoms with E-state index >= 15 is 0 Å². The minimum absolute atomic E-state index is 0.223. The highest BCUT2D eigenvalue weighted by atomic mass is 79.9. The summed E-state index contributed by atoms with van der Waals surface area (Å²) in [5.41, 5.74) is 0.733. The van der Waals surface area contributed by atoms with Crippen molar-refractivity contribution in [3.05, 3.63) is 44.9 Å². The molecule has 23 heavy (non-hydrogen) atoms. The summed E-state index contributed by atoms with van der Waals surface area (Å²) in [4.78, 5) is 11.5. The van der Waals surface area contributed by atoms with Crippen molar-refractivity contribution in [2.45, 2.75) is 39.3 Å². The Bertz CT molecular complexity index is 554. The van der Waals surface area contributed by atoms with Crippen molar-refractivity contribution in [1.82, 2.24) is 10.6 Å². The molecule has 0 radical (unpaired) electrons. The molecule has 0 saturated heterocycles. The standard InChI is InChI=1S/C17H24Br2N2O2/c1-12(14-8-7-13(18)11-15(14)19)20-9-5-6-10-21-16(22)23-17(2,3)4/h5-8,11-12,20H,9-10H2,1-4H3,(H,21,22)/b6-5+. The highest BCUT2D eigenvalue weighted by Gasteiger charge is 2.15. The second-order valence-electron chi connectivity index (χ2n) is 6.15. The first-order chi connectivity index (χ1) is 10.7. The van der Waals surface area contributed by atoms with Gasteiger partial charge in [-0.25, -0.2) is 4.79 Å². The van der Waals surface area contributed by atoms with Crippen LogP contribution in [0.4, 0.5) is 4.79 Å². The van der Waals surface area contributed by atoms with Crippen LogP contribution in [-0.4, -0.2) is 24.8 Å². The van der Waals surface area contributed by atoms with Crippen LogP contribution in [0.1, 0.15) is 39.3 Å². The number of alkyl carbamates (subject to hydrolysis) is 1. The van der Waals surface area contributed by atoms with Gasteiger partial charge in [-0.05, 0) is 45.4 Å². The van der Waals surface area contributed by atoms with Gasteiger partial charge >= 0.3 is 6.09 Å². The number of rotatable bonds is 6. The third-order valence-electron chi connectivity index (χ3n) is 2.90. The molecule has 0 bridgehead atoms. The number of halogens is 2. The van der Waals surface area contributed by atoms with E-state index in [1.54, 1.807) is 0 Å². The number of hydrogen-bond acceptors (Lipinski definition) is 3. The molecule has 0 aliphatic carbocycles. The topological polar surface area (TPSA) is 50.4 Å². The summed E-state index contributed by atoms with van der Waals surface area (Å²) in [5.74, 6) is 0. The average Bonchev–Trinajstić information content (AvgIpc) is 2.40. The first-order valence-electron chi connectivity index (χ1n) is 7.49. The van der Waals surface area contributed by atoms with Crippen LogP contribution in [0.5, 0.6) is 0 Å². The fourth-order valence-electron chi connectivity index (χ4n) is 1.83. The van der Waals surface area contributed by atoms with Crippen LogP contribution in [0.15, 0.2) is 39.3 Å². The Morgan fingerprint density at radius 2 is 1.91 bits per heavy atom. The predicted molar refractivity (Wildman–Crippen MR) is 102 cm³/mol. The van der Waals surface area contributed by atoms with Crippen LogP contribution in [-0.2, 0) is 4.74 Å². The third-order valence-corrected chi connectivity index (χ3v) is 4.08. The van der Waals surface area contributed by atoms with Gasteiger partial charge in [-0.15, -0.1) is 0 Å². The molecule has 2 N–H and O–H groups in total. The predicted octanol–water partition coefficient (Wildman–Crippen LogP) is 4.94. The SMILES string of the molecule is CC(NC/C=C/CNC(=O)OC(C)(C)C)c1ccc(Br)cc1Br. The molecule has 0 aromatic heterocycles. The molecule has 6 heteroatoms. The average molecular weight is 448 g/mol. The monoisotopic (exact) mass is 446 g/mol. The molecule has 1 aromatic carbocycles. The molecule has 0 aliphatic heterocycles. The molecule has 1 rings (SSSR count). The number of carbonyl (C=O) groups excluding carboxylic acids is 1. The van der Waals surface area contributed by atoms with Gasteiger partial charge in [-0.3, -0.25) is 0 Å². The van der Waals surface area contributed by atoms with Crippen molar-refractivity contribution < 1.29 is 9.53 Å². The summed E-state index contributed by atoms with van der Waals surface area (Å²) in [6, 6.07) is 6.37. The summed E-state index contributed by atoms with van der Waals surface area (Å²) in [5, 5.41) is 6.10. The molecule has 0 spiro atoms. The van der Waals surface area contributed by atoms with Gasteiger partial charge in [0.1, 0.15) is 5.60 Å². The molecule has 0 fully saturated rings. The zero-order valence-electron chi connectivity index (χ0n) is 14.0. The second-order valence-corrected chi connectivity index (χ2v) is 7.92. The van der Waals surface area contributed by atoms with Crippen LogP contribution in [0.2, 0.25) is 0 Å². The smallest absolute Gasteiger partial charge is 0.407 e. The Hall–Kier alpha value is -0.850. The van der Waals surface area contributed by atoms with Crippen molar-refractivity contribution in [2.24, 2.45) is 0 Å². The van der Waals surface area contributed by atoms with E-state index in [0.717, 1.165) is 15.5 Å². The zero-order valence-corrected chi connectivity index (χ0v) is 17.1. The third kappa shape index (κ3) is 8.53. The van der Waals surface area contributed by atoms with E-state index in [4.69, 9.17) is 4.74 Å². The summed E-state index contributed by atoms with van der Waals surface area (Å²) in [6.07, 6.45) is 3.49. The van der Waals surface area contributed by atoms with E-state index in [-0.39, 0.29) is 6.04 Å². The molecule has 0 saturated carbocycles. The molecule has 1 aromatic rings. The molecule has 0 heterocycles.